The second-order valence-electron chi connectivity index (χ2n) is 5.28. The van der Waals surface area contributed by atoms with Crippen molar-refractivity contribution in [1.29, 1.82) is 0 Å². The van der Waals surface area contributed by atoms with Gasteiger partial charge in [0.05, 0.1) is 18.6 Å². The molecule has 0 amide bonds. The third-order valence-electron chi connectivity index (χ3n) is 3.77. The van der Waals surface area contributed by atoms with Crippen molar-refractivity contribution in [1.82, 2.24) is 4.90 Å². The maximum Gasteiger partial charge on any atom is 0.153 e. The van der Waals surface area contributed by atoms with Crippen LogP contribution in [0.2, 0.25) is 0 Å². The van der Waals surface area contributed by atoms with E-state index in [1.807, 2.05) is 25.1 Å². The van der Waals surface area contributed by atoms with E-state index < -0.39 is 9.84 Å². The summed E-state index contributed by atoms with van der Waals surface area (Å²) >= 11 is 0. The summed E-state index contributed by atoms with van der Waals surface area (Å²) in [7, 11) is -1.23. The summed E-state index contributed by atoms with van der Waals surface area (Å²) in [5.41, 5.74) is 7.75. The normalized spacial score (nSPS) is 22.6. The predicted molar refractivity (Wildman–Crippen MR) is 79.4 cm³/mol. The number of methoxy groups -OCH3 is 1. The van der Waals surface area contributed by atoms with E-state index >= 15 is 0 Å². The average molecular weight is 298 g/mol. The zero-order valence-electron chi connectivity index (χ0n) is 12.0. The number of rotatable bonds is 4. The molecule has 1 aromatic carbocycles. The standard InChI is InChI=1S/C14H22N2O3S/c1-11-10-20(17,18)6-5-16(11)9-12-3-4-13(8-15)14(7-12)19-2/h3-4,7,11H,5-6,8-10,15H2,1-2H3. The molecule has 20 heavy (non-hydrogen) atoms. The SMILES string of the molecule is COc1cc(CN2CCS(=O)(=O)CC2C)ccc1CN. The van der Waals surface area contributed by atoms with Gasteiger partial charge in [0.1, 0.15) is 5.75 Å². The van der Waals surface area contributed by atoms with Crippen molar-refractivity contribution in [2.24, 2.45) is 5.73 Å². The van der Waals surface area contributed by atoms with Gasteiger partial charge >= 0.3 is 0 Å². The first-order chi connectivity index (χ1) is 9.45. The highest BCUT2D eigenvalue weighted by atomic mass is 32.2. The minimum atomic E-state index is -2.86. The van der Waals surface area contributed by atoms with Crippen LogP contribution in [0.4, 0.5) is 0 Å². The molecule has 2 N–H and O–H groups in total. The summed E-state index contributed by atoms with van der Waals surface area (Å²) in [5, 5.41) is 0. The highest BCUT2D eigenvalue weighted by molar-refractivity contribution is 7.91. The second-order valence-corrected chi connectivity index (χ2v) is 7.51. The van der Waals surface area contributed by atoms with Crippen molar-refractivity contribution >= 4 is 9.84 Å². The fourth-order valence-corrected chi connectivity index (χ4v) is 4.18. The molecule has 6 heteroatoms. The summed E-state index contributed by atoms with van der Waals surface area (Å²) in [4.78, 5) is 2.19. The molecule has 0 spiro atoms. The molecular formula is C14H22N2O3S. The molecule has 1 heterocycles. The first-order valence-corrected chi connectivity index (χ1v) is 8.57. The molecule has 1 atom stereocenters. The van der Waals surface area contributed by atoms with Crippen molar-refractivity contribution < 1.29 is 13.2 Å². The molecule has 1 saturated heterocycles. The molecule has 1 unspecified atom stereocenters. The van der Waals surface area contributed by atoms with Crippen LogP contribution < -0.4 is 10.5 Å². The minimum absolute atomic E-state index is 0.0499. The Balaban J connectivity index is 2.10. The van der Waals surface area contributed by atoms with Gasteiger partial charge in [-0.3, -0.25) is 4.90 Å². The highest BCUT2D eigenvalue weighted by Crippen LogP contribution is 2.22. The molecule has 0 saturated carbocycles. The predicted octanol–water partition coefficient (Wildman–Crippen LogP) is 0.773. The number of hydrogen-bond acceptors (Lipinski definition) is 5. The van der Waals surface area contributed by atoms with Gasteiger partial charge in [-0.15, -0.1) is 0 Å². The number of nitrogens with two attached hydrogens (primary N) is 1. The van der Waals surface area contributed by atoms with Crippen LogP contribution in [0, 0.1) is 0 Å². The van der Waals surface area contributed by atoms with E-state index in [1.165, 1.54) is 0 Å². The summed E-state index contributed by atoms with van der Waals surface area (Å²) in [6, 6.07) is 6.03. The minimum Gasteiger partial charge on any atom is -0.496 e. The van der Waals surface area contributed by atoms with Crippen LogP contribution in [0.3, 0.4) is 0 Å². The summed E-state index contributed by atoms with van der Waals surface area (Å²) in [6.45, 7) is 3.73. The van der Waals surface area contributed by atoms with Gasteiger partial charge in [0.15, 0.2) is 9.84 Å². The smallest absolute Gasteiger partial charge is 0.153 e. The van der Waals surface area contributed by atoms with Crippen molar-refractivity contribution in [3.05, 3.63) is 29.3 Å². The number of benzene rings is 1. The van der Waals surface area contributed by atoms with Crippen LogP contribution in [0.15, 0.2) is 18.2 Å². The van der Waals surface area contributed by atoms with Crippen molar-refractivity contribution in [3.63, 3.8) is 0 Å². The van der Waals surface area contributed by atoms with E-state index in [0.717, 1.165) is 23.4 Å². The zero-order chi connectivity index (χ0) is 14.8. The number of nitrogens with zero attached hydrogens (tertiary/aromatic N) is 1. The van der Waals surface area contributed by atoms with Gasteiger partial charge in [-0.05, 0) is 18.6 Å². The van der Waals surface area contributed by atoms with Crippen LogP contribution in [-0.2, 0) is 22.9 Å². The third kappa shape index (κ3) is 3.50. The Labute approximate surface area is 120 Å². The molecule has 0 aromatic heterocycles. The lowest BCUT2D eigenvalue weighted by Crippen LogP contribution is -2.46. The molecule has 112 valence electrons. The van der Waals surface area contributed by atoms with Gasteiger partial charge in [-0.2, -0.15) is 0 Å². The van der Waals surface area contributed by atoms with Crippen molar-refractivity contribution in [2.75, 3.05) is 25.2 Å². The molecule has 0 radical (unpaired) electrons. The number of ether oxygens (including phenoxy) is 1. The van der Waals surface area contributed by atoms with E-state index in [-0.39, 0.29) is 17.5 Å². The van der Waals surface area contributed by atoms with Crippen LogP contribution >= 0.6 is 0 Å². The number of sulfone groups is 1. The first-order valence-electron chi connectivity index (χ1n) is 6.75. The Hall–Kier alpha value is -1.11. The van der Waals surface area contributed by atoms with Crippen LogP contribution in [0.25, 0.3) is 0 Å². The lowest BCUT2D eigenvalue weighted by atomic mass is 10.1. The fourth-order valence-electron chi connectivity index (χ4n) is 2.56. The van der Waals surface area contributed by atoms with Crippen molar-refractivity contribution in [2.45, 2.75) is 26.1 Å². The van der Waals surface area contributed by atoms with E-state index in [0.29, 0.717) is 13.1 Å². The molecule has 2 rings (SSSR count). The molecule has 1 aromatic rings. The zero-order valence-corrected chi connectivity index (χ0v) is 12.8. The maximum atomic E-state index is 11.6. The Morgan fingerprint density at radius 2 is 2.20 bits per heavy atom. The highest BCUT2D eigenvalue weighted by Gasteiger charge is 2.27. The van der Waals surface area contributed by atoms with Gasteiger partial charge in [0.25, 0.3) is 0 Å². The summed E-state index contributed by atoms with van der Waals surface area (Å²) in [5.74, 6) is 1.28. The lowest BCUT2D eigenvalue weighted by Gasteiger charge is -2.33. The first kappa shape index (κ1) is 15.3. The Kier molecular flexibility index (Phi) is 4.67. The summed E-state index contributed by atoms with van der Waals surface area (Å²) in [6.07, 6.45) is 0. The Bertz CT molecular complexity index is 572. The topological polar surface area (TPSA) is 72.6 Å². The quantitative estimate of drug-likeness (QED) is 0.889. The molecule has 1 aliphatic heterocycles. The lowest BCUT2D eigenvalue weighted by molar-refractivity contribution is 0.218. The molecule has 0 bridgehead atoms. The molecule has 0 aliphatic carbocycles. The van der Waals surface area contributed by atoms with E-state index in [2.05, 4.69) is 4.90 Å². The molecule has 1 fully saturated rings. The Morgan fingerprint density at radius 1 is 1.45 bits per heavy atom. The van der Waals surface area contributed by atoms with Gasteiger partial charge in [-0.1, -0.05) is 12.1 Å². The van der Waals surface area contributed by atoms with E-state index in [9.17, 15) is 8.42 Å². The van der Waals surface area contributed by atoms with Crippen molar-refractivity contribution in [3.8, 4) is 5.75 Å². The second kappa shape index (κ2) is 6.11. The number of hydrogen-bond donors (Lipinski definition) is 1. The van der Waals surface area contributed by atoms with Gasteiger partial charge in [0, 0.05) is 31.2 Å². The molecule has 1 aliphatic rings. The monoisotopic (exact) mass is 298 g/mol. The average Bonchev–Trinajstić information content (AvgIpc) is 2.41. The van der Waals surface area contributed by atoms with Gasteiger partial charge in [-0.25, -0.2) is 8.42 Å². The third-order valence-corrected chi connectivity index (χ3v) is 5.56. The Morgan fingerprint density at radius 3 is 2.80 bits per heavy atom. The molecular weight excluding hydrogens is 276 g/mol. The summed E-state index contributed by atoms with van der Waals surface area (Å²) < 4.78 is 28.5. The molecule has 5 nitrogen and oxygen atoms in total. The largest absolute Gasteiger partial charge is 0.496 e. The van der Waals surface area contributed by atoms with Gasteiger partial charge < -0.3 is 10.5 Å². The van der Waals surface area contributed by atoms with Crippen LogP contribution in [0.1, 0.15) is 18.1 Å². The fraction of sp³-hybridized carbons (Fsp3) is 0.571. The van der Waals surface area contributed by atoms with E-state index in [1.54, 1.807) is 7.11 Å². The van der Waals surface area contributed by atoms with Crippen LogP contribution in [0.5, 0.6) is 5.75 Å². The maximum absolute atomic E-state index is 11.6. The van der Waals surface area contributed by atoms with E-state index in [4.69, 9.17) is 10.5 Å². The van der Waals surface area contributed by atoms with Crippen LogP contribution in [-0.4, -0.2) is 44.5 Å². The van der Waals surface area contributed by atoms with Gasteiger partial charge in [0.2, 0.25) is 0 Å².